The molecule has 1 aromatic rings. The number of hydrogen-bond acceptors (Lipinski definition) is 4. The quantitative estimate of drug-likeness (QED) is 0.898. The first-order valence-electron chi connectivity index (χ1n) is 8.75. The lowest BCUT2D eigenvalue weighted by atomic mass is 10.1. The molecule has 0 radical (unpaired) electrons. The Bertz CT molecular complexity index is 569. The average Bonchev–Trinajstić information content (AvgIpc) is 3.03. The van der Waals surface area contributed by atoms with Gasteiger partial charge in [-0.2, -0.15) is 0 Å². The Hall–Kier alpha value is -1.95. The Kier molecular flexibility index (Phi) is 5.45. The van der Waals surface area contributed by atoms with E-state index in [-0.39, 0.29) is 6.03 Å². The van der Waals surface area contributed by atoms with Crippen molar-refractivity contribution in [3.63, 3.8) is 0 Å². The second kappa shape index (κ2) is 7.75. The maximum absolute atomic E-state index is 12.1. The Labute approximate surface area is 143 Å². The zero-order chi connectivity index (χ0) is 16.9. The molecule has 0 aromatic heterocycles. The van der Waals surface area contributed by atoms with Gasteiger partial charge in [-0.25, -0.2) is 4.79 Å². The molecule has 2 amide bonds. The van der Waals surface area contributed by atoms with Crippen molar-refractivity contribution in [1.82, 2.24) is 15.1 Å². The van der Waals surface area contributed by atoms with Gasteiger partial charge in [0, 0.05) is 39.3 Å². The van der Waals surface area contributed by atoms with Crippen LogP contribution in [0, 0.1) is 5.92 Å². The normalized spacial score (nSPS) is 17.4. The minimum Gasteiger partial charge on any atom is -0.454 e. The highest BCUT2D eigenvalue weighted by Crippen LogP contribution is 2.32. The lowest BCUT2D eigenvalue weighted by Gasteiger charge is -2.34. The van der Waals surface area contributed by atoms with E-state index in [1.54, 1.807) is 0 Å². The molecule has 1 aromatic carbocycles. The molecular formula is C18H27N3O3. The molecule has 1 fully saturated rings. The summed E-state index contributed by atoms with van der Waals surface area (Å²) in [6.45, 7) is 9.62. The fourth-order valence-corrected chi connectivity index (χ4v) is 2.99. The van der Waals surface area contributed by atoms with E-state index >= 15 is 0 Å². The SMILES string of the molecule is CC(C)CCNC(=O)N1CCN(Cc2ccc3c(c2)OCO3)CC1. The molecule has 6 nitrogen and oxygen atoms in total. The molecule has 0 atom stereocenters. The van der Waals surface area contributed by atoms with E-state index in [1.807, 2.05) is 17.0 Å². The van der Waals surface area contributed by atoms with Crippen LogP contribution in [0.4, 0.5) is 4.79 Å². The monoisotopic (exact) mass is 333 g/mol. The van der Waals surface area contributed by atoms with Crippen molar-refractivity contribution in [1.29, 1.82) is 0 Å². The van der Waals surface area contributed by atoms with Crippen LogP contribution in [0.25, 0.3) is 0 Å². The van der Waals surface area contributed by atoms with Crippen molar-refractivity contribution in [3.05, 3.63) is 23.8 Å². The zero-order valence-corrected chi connectivity index (χ0v) is 14.6. The lowest BCUT2D eigenvalue weighted by Crippen LogP contribution is -2.51. The van der Waals surface area contributed by atoms with Crippen molar-refractivity contribution in [2.75, 3.05) is 39.5 Å². The summed E-state index contributed by atoms with van der Waals surface area (Å²) < 4.78 is 10.8. The second-order valence-electron chi connectivity index (χ2n) is 6.87. The maximum atomic E-state index is 12.1. The summed E-state index contributed by atoms with van der Waals surface area (Å²) in [5.41, 5.74) is 1.22. The summed E-state index contributed by atoms with van der Waals surface area (Å²) >= 11 is 0. The predicted octanol–water partition coefficient (Wildman–Crippen LogP) is 2.29. The van der Waals surface area contributed by atoms with Gasteiger partial charge in [-0.15, -0.1) is 0 Å². The van der Waals surface area contributed by atoms with Crippen molar-refractivity contribution >= 4 is 6.03 Å². The van der Waals surface area contributed by atoms with E-state index < -0.39 is 0 Å². The number of fused-ring (bicyclic) bond motifs is 1. The molecule has 132 valence electrons. The largest absolute Gasteiger partial charge is 0.454 e. The minimum atomic E-state index is 0.0679. The average molecular weight is 333 g/mol. The first-order valence-corrected chi connectivity index (χ1v) is 8.75. The zero-order valence-electron chi connectivity index (χ0n) is 14.6. The lowest BCUT2D eigenvalue weighted by molar-refractivity contribution is 0.135. The Morgan fingerprint density at radius 2 is 1.92 bits per heavy atom. The smallest absolute Gasteiger partial charge is 0.317 e. The van der Waals surface area contributed by atoms with Crippen LogP contribution in [-0.2, 0) is 6.54 Å². The van der Waals surface area contributed by atoms with Crippen molar-refractivity contribution in [2.45, 2.75) is 26.8 Å². The molecule has 24 heavy (non-hydrogen) atoms. The van der Waals surface area contributed by atoms with Gasteiger partial charge < -0.3 is 19.7 Å². The number of nitrogens with one attached hydrogen (secondary N) is 1. The number of amides is 2. The molecule has 0 unspecified atom stereocenters. The van der Waals surface area contributed by atoms with Gasteiger partial charge in [0.05, 0.1) is 0 Å². The Balaban J connectivity index is 1.43. The first kappa shape index (κ1) is 16.9. The summed E-state index contributed by atoms with van der Waals surface area (Å²) in [5, 5.41) is 3.01. The van der Waals surface area contributed by atoms with Crippen LogP contribution in [0.15, 0.2) is 18.2 Å². The van der Waals surface area contributed by atoms with Crippen LogP contribution >= 0.6 is 0 Å². The number of hydrogen-bond donors (Lipinski definition) is 1. The van der Waals surface area contributed by atoms with Crippen LogP contribution in [0.2, 0.25) is 0 Å². The standard InChI is InChI=1S/C18H27N3O3/c1-14(2)5-6-19-18(22)21-9-7-20(8-10-21)12-15-3-4-16-17(11-15)24-13-23-16/h3-4,11,14H,5-10,12-13H2,1-2H3,(H,19,22). The molecule has 2 heterocycles. The summed E-state index contributed by atoms with van der Waals surface area (Å²) in [5.74, 6) is 2.26. The third-order valence-corrected chi connectivity index (χ3v) is 4.50. The highest BCUT2D eigenvalue weighted by Gasteiger charge is 2.21. The Morgan fingerprint density at radius 1 is 1.17 bits per heavy atom. The number of carbonyl (C=O) groups excluding carboxylic acids is 1. The van der Waals surface area contributed by atoms with Gasteiger partial charge in [-0.1, -0.05) is 19.9 Å². The van der Waals surface area contributed by atoms with E-state index in [4.69, 9.17) is 9.47 Å². The van der Waals surface area contributed by atoms with Crippen LogP contribution in [0.1, 0.15) is 25.8 Å². The van der Waals surface area contributed by atoms with Crippen LogP contribution in [-0.4, -0.2) is 55.3 Å². The fourth-order valence-electron chi connectivity index (χ4n) is 2.99. The number of piperazine rings is 1. The predicted molar refractivity (Wildman–Crippen MR) is 92.3 cm³/mol. The molecule has 2 aliphatic heterocycles. The van der Waals surface area contributed by atoms with Crippen molar-refractivity contribution < 1.29 is 14.3 Å². The number of rotatable bonds is 5. The van der Waals surface area contributed by atoms with Crippen LogP contribution in [0.5, 0.6) is 11.5 Å². The van der Waals surface area contributed by atoms with Gasteiger partial charge in [0.1, 0.15) is 0 Å². The van der Waals surface area contributed by atoms with E-state index in [1.165, 1.54) is 5.56 Å². The summed E-state index contributed by atoms with van der Waals surface area (Å²) in [4.78, 5) is 16.4. The molecular weight excluding hydrogens is 306 g/mol. The summed E-state index contributed by atoms with van der Waals surface area (Å²) in [6, 6.07) is 6.17. The van der Waals surface area contributed by atoms with Gasteiger partial charge in [0.15, 0.2) is 11.5 Å². The van der Waals surface area contributed by atoms with E-state index in [9.17, 15) is 4.79 Å². The van der Waals surface area contributed by atoms with Crippen molar-refractivity contribution in [3.8, 4) is 11.5 Å². The highest BCUT2D eigenvalue weighted by atomic mass is 16.7. The van der Waals surface area contributed by atoms with Gasteiger partial charge in [0.2, 0.25) is 6.79 Å². The van der Waals surface area contributed by atoms with Gasteiger partial charge in [-0.3, -0.25) is 4.90 Å². The molecule has 0 aliphatic carbocycles. The Morgan fingerprint density at radius 3 is 2.67 bits per heavy atom. The molecule has 2 aliphatic rings. The van der Waals surface area contributed by atoms with E-state index in [2.05, 4.69) is 30.1 Å². The van der Waals surface area contributed by atoms with Crippen molar-refractivity contribution in [2.24, 2.45) is 5.92 Å². The van der Waals surface area contributed by atoms with E-state index in [0.717, 1.165) is 57.2 Å². The molecule has 1 N–H and O–H groups in total. The van der Waals surface area contributed by atoms with Crippen LogP contribution < -0.4 is 14.8 Å². The first-order chi connectivity index (χ1) is 11.6. The molecule has 0 saturated carbocycles. The third kappa shape index (κ3) is 4.32. The topological polar surface area (TPSA) is 54.0 Å². The second-order valence-corrected chi connectivity index (χ2v) is 6.87. The molecule has 6 heteroatoms. The fraction of sp³-hybridized carbons (Fsp3) is 0.611. The third-order valence-electron chi connectivity index (χ3n) is 4.50. The van der Waals surface area contributed by atoms with Gasteiger partial charge in [-0.05, 0) is 30.0 Å². The molecule has 1 saturated heterocycles. The minimum absolute atomic E-state index is 0.0679. The maximum Gasteiger partial charge on any atom is 0.317 e. The van der Waals surface area contributed by atoms with Gasteiger partial charge >= 0.3 is 6.03 Å². The molecule has 0 spiro atoms. The number of carbonyl (C=O) groups is 1. The van der Waals surface area contributed by atoms with Gasteiger partial charge in [0.25, 0.3) is 0 Å². The number of ether oxygens (including phenoxy) is 2. The number of benzene rings is 1. The molecule has 0 bridgehead atoms. The van der Waals surface area contributed by atoms with Crippen LogP contribution in [0.3, 0.4) is 0 Å². The molecule has 3 rings (SSSR count). The van der Waals surface area contributed by atoms with E-state index in [0.29, 0.717) is 12.7 Å². The number of urea groups is 1. The summed E-state index contributed by atoms with van der Waals surface area (Å²) in [7, 11) is 0. The summed E-state index contributed by atoms with van der Waals surface area (Å²) in [6.07, 6.45) is 1.02. The number of nitrogens with zero attached hydrogens (tertiary/aromatic N) is 2. The highest BCUT2D eigenvalue weighted by molar-refractivity contribution is 5.74.